The van der Waals surface area contributed by atoms with Crippen molar-refractivity contribution in [1.29, 1.82) is 0 Å². The van der Waals surface area contributed by atoms with Gasteiger partial charge in [0.15, 0.2) is 0 Å². The summed E-state index contributed by atoms with van der Waals surface area (Å²) < 4.78 is 5.26. The lowest BCUT2D eigenvalue weighted by Gasteiger charge is -2.23. The first kappa shape index (κ1) is 29.5. The first-order valence-corrected chi connectivity index (χ1v) is 12.6. The van der Waals surface area contributed by atoms with Crippen molar-refractivity contribution < 1.29 is 28.8 Å². The van der Waals surface area contributed by atoms with Gasteiger partial charge < -0.3 is 15.4 Å². The maximum Gasteiger partial charge on any atom is 0.408 e. The van der Waals surface area contributed by atoms with Crippen molar-refractivity contribution in [2.24, 2.45) is 5.92 Å². The molecule has 2 rings (SSSR count). The van der Waals surface area contributed by atoms with Crippen molar-refractivity contribution in [2.45, 2.75) is 65.1 Å². The normalized spacial score (nSPS) is 12.3. The van der Waals surface area contributed by atoms with E-state index in [0.717, 1.165) is 24.0 Å². The molecular formula is C28H37N3O6. The van der Waals surface area contributed by atoms with Gasteiger partial charge in [-0.1, -0.05) is 87.9 Å². The molecule has 0 aromatic heterocycles. The van der Waals surface area contributed by atoms with E-state index in [2.05, 4.69) is 16.1 Å². The van der Waals surface area contributed by atoms with Crippen molar-refractivity contribution in [1.82, 2.24) is 16.1 Å². The van der Waals surface area contributed by atoms with Crippen LogP contribution in [0.15, 0.2) is 60.7 Å². The summed E-state index contributed by atoms with van der Waals surface area (Å²) in [5.41, 5.74) is 3.72. The van der Waals surface area contributed by atoms with Gasteiger partial charge >= 0.3 is 12.0 Å². The standard InChI is InChI=1S/C28H37N3O6/c1-4-5-16-37-31-27(34)25(32)23(18-21-12-8-6-9-13-21)29-26(33)24(17-20(2)3)30-28(35)36-19-22-14-10-7-11-15-22/h6-15,20,23-24H,4-5,16-19H2,1-3H3,(H,29,33)(H,30,35)(H,31,34). The molecule has 0 aliphatic carbocycles. The molecule has 200 valence electrons. The summed E-state index contributed by atoms with van der Waals surface area (Å²) in [6.45, 7) is 6.11. The molecule has 2 aromatic carbocycles. The molecule has 37 heavy (non-hydrogen) atoms. The van der Waals surface area contributed by atoms with E-state index in [9.17, 15) is 19.2 Å². The van der Waals surface area contributed by atoms with Gasteiger partial charge in [-0.15, -0.1) is 0 Å². The van der Waals surface area contributed by atoms with Crippen LogP contribution >= 0.6 is 0 Å². The second kappa shape index (κ2) is 16.1. The SMILES string of the molecule is CCCCONC(=O)C(=O)C(Cc1ccccc1)NC(=O)C(CC(C)C)NC(=O)OCc1ccccc1. The van der Waals surface area contributed by atoms with Gasteiger partial charge in [0, 0.05) is 6.42 Å². The number of hydrogen-bond acceptors (Lipinski definition) is 6. The zero-order valence-corrected chi connectivity index (χ0v) is 21.7. The zero-order chi connectivity index (χ0) is 27.0. The van der Waals surface area contributed by atoms with E-state index >= 15 is 0 Å². The lowest BCUT2D eigenvalue weighted by Crippen LogP contribution is -2.55. The predicted molar refractivity (Wildman–Crippen MR) is 139 cm³/mol. The second-order valence-corrected chi connectivity index (χ2v) is 9.14. The van der Waals surface area contributed by atoms with Crippen LogP contribution in [0.25, 0.3) is 0 Å². The van der Waals surface area contributed by atoms with E-state index in [0.29, 0.717) is 6.42 Å². The van der Waals surface area contributed by atoms with Crippen LogP contribution in [0.1, 0.15) is 51.2 Å². The maximum absolute atomic E-state index is 13.2. The fraction of sp³-hybridized carbons (Fsp3) is 0.429. The molecule has 0 aliphatic rings. The van der Waals surface area contributed by atoms with Gasteiger partial charge in [0.25, 0.3) is 0 Å². The first-order valence-electron chi connectivity index (χ1n) is 12.6. The lowest BCUT2D eigenvalue weighted by atomic mass is 9.99. The summed E-state index contributed by atoms with van der Waals surface area (Å²) in [7, 11) is 0. The molecule has 2 atom stereocenters. The Bertz CT molecular complexity index is 997. The molecule has 9 nitrogen and oxygen atoms in total. The molecule has 0 radical (unpaired) electrons. The average molecular weight is 512 g/mol. The Labute approximate surface area is 218 Å². The molecule has 3 amide bonds. The molecule has 0 heterocycles. The molecule has 9 heteroatoms. The third-order valence-corrected chi connectivity index (χ3v) is 5.43. The number of alkyl carbamates (subject to hydrolysis) is 1. The summed E-state index contributed by atoms with van der Waals surface area (Å²) in [6, 6.07) is 16.1. The molecular weight excluding hydrogens is 474 g/mol. The van der Waals surface area contributed by atoms with Crippen molar-refractivity contribution in [2.75, 3.05) is 6.61 Å². The number of rotatable bonds is 15. The first-order chi connectivity index (χ1) is 17.8. The number of carbonyl (C=O) groups is 4. The number of hydroxylamine groups is 1. The van der Waals surface area contributed by atoms with E-state index in [1.165, 1.54) is 0 Å². The molecule has 2 aromatic rings. The number of carbonyl (C=O) groups excluding carboxylic acids is 4. The van der Waals surface area contributed by atoms with E-state index in [-0.39, 0.29) is 25.6 Å². The smallest absolute Gasteiger partial charge is 0.408 e. The van der Waals surface area contributed by atoms with Gasteiger partial charge in [0.2, 0.25) is 11.7 Å². The highest BCUT2D eigenvalue weighted by atomic mass is 16.7. The van der Waals surface area contributed by atoms with Crippen LogP contribution in [0.5, 0.6) is 0 Å². The van der Waals surface area contributed by atoms with Crippen LogP contribution in [0.4, 0.5) is 4.79 Å². The van der Waals surface area contributed by atoms with Gasteiger partial charge in [-0.3, -0.25) is 19.2 Å². The topological polar surface area (TPSA) is 123 Å². The van der Waals surface area contributed by atoms with Crippen molar-refractivity contribution >= 4 is 23.7 Å². The quantitative estimate of drug-likeness (QED) is 0.191. The number of hydrogen-bond donors (Lipinski definition) is 3. The fourth-order valence-electron chi connectivity index (χ4n) is 3.48. The van der Waals surface area contributed by atoms with E-state index < -0.39 is 35.8 Å². The van der Waals surface area contributed by atoms with Crippen LogP contribution in [-0.4, -0.2) is 42.4 Å². The van der Waals surface area contributed by atoms with Gasteiger partial charge in [0.05, 0.1) is 6.61 Å². The highest BCUT2D eigenvalue weighted by Crippen LogP contribution is 2.09. The van der Waals surface area contributed by atoms with E-state index in [1.54, 1.807) is 24.3 Å². The van der Waals surface area contributed by atoms with Gasteiger partial charge in [-0.2, -0.15) is 0 Å². The Balaban J connectivity index is 2.09. The monoisotopic (exact) mass is 511 g/mol. The number of ether oxygens (including phenoxy) is 1. The second-order valence-electron chi connectivity index (χ2n) is 9.14. The summed E-state index contributed by atoms with van der Waals surface area (Å²) in [4.78, 5) is 56.1. The third kappa shape index (κ3) is 11.3. The van der Waals surface area contributed by atoms with E-state index in [4.69, 9.17) is 9.57 Å². The van der Waals surface area contributed by atoms with Crippen molar-refractivity contribution in [3.63, 3.8) is 0 Å². The molecule has 3 N–H and O–H groups in total. The molecule has 0 bridgehead atoms. The number of ketones is 1. The highest BCUT2D eigenvalue weighted by molar-refractivity contribution is 6.38. The number of amides is 3. The average Bonchev–Trinajstić information content (AvgIpc) is 2.89. The number of Topliss-reactive ketones (excluding diaryl/α,β-unsaturated/α-hetero) is 1. The molecule has 2 unspecified atom stereocenters. The van der Waals surface area contributed by atoms with Gasteiger partial charge in [0.1, 0.15) is 18.7 Å². The summed E-state index contributed by atoms with van der Waals surface area (Å²) in [6.07, 6.45) is 1.25. The molecule has 0 fully saturated rings. The summed E-state index contributed by atoms with van der Waals surface area (Å²) >= 11 is 0. The van der Waals surface area contributed by atoms with Crippen LogP contribution in [0.2, 0.25) is 0 Å². The van der Waals surface area contributed by atoms with E-state index in [1.807, 2.05) is 57.2 Å². The Hall–Kier alpha value is -3.72. The van der Waals surface area contributed by atoms with Crippen LogP contribution in [-0.2, 0) is 37.0 Å². The molecule has 0 saturated carbocycles. The minimum Gasteiger partial charge on any atom is -0.445 e. The summed E-state index contributed by atoms with van der Waals surface area (Å²) in [5, 5.41) is 5.25. The zero-order valence-electron chi connectivity index (χ0n) is 21.7. The highest BCUT2D eigenvalue weighted by Gasteiger charge is 2.31. The third-order valence-electron chi connectivity index (χ3n) is 5.43. The Kier molecular flexibility index (Phi) is 12.8. The maximum atomic E-state index is 13.2. The Morgan fingerprint density at radius 2 is 1.46 bits per heavy atom. The largest absolute Gasteiger partial charge is 0.445 e. The minimum absolute atomic E-state index is 0.0516. The van der Waals surface area contributed by atoms with Gasteiger partial charge in [-0.25, -0.2) is 10.3 Å². The molecule has 0 aliphatic heterocycles. The lowest BCUT2D eigenvalue weighted by molar-refractivity contribution is -0.147. The van der Waals surface area contributed by atoms with Crippen molar-refractivity contribution in [3.05, 3.63) is 71.8 Å². The number of unbranched alkanes of at least 4 members (excludes halogenated alkanes) is 1. The minimum atomic E-state index is -1.15. The Morgan fingerprint density at radius 3 is 2.05 bits per heavy atom. The van der Waals surface area contributed by atoms with Crippen LogP contribution in [0, 0.1) is 5.92 Å². The van der Waals surface area contributed by atoms with Crippen LogP contribution in [0.3, 0.4) is 0 Å². The van der Waals surface area contributed by atoms with Crippen molar-refractivity contribution in [3.8, 4) is 0 Å². The number of nitrogens with one attached hydrogen (secondary N) is 3. The fourth-order valence-corrected chi connectivity index (χ4v) is 3.48. The molecule has 0 spiro atoms. The van der Waals surface area contributed by atoms with Crippen LogP contribution < -0.4 is 16.1 Å². The number of benzene rings is 2. The van der Waals surface area contributed by atoms with Gasteiger partial charge in [-0.05, 0) is 29.9 Å². The summed E-state index contributed by atoms with van der Waals surface area (Å²) in [5.74, 6) is -2.32. The molecule has 0 saturated heterocycles. The Morgan fingerprint density at radius 1 is 0.838 bits per heavy atom. The predicted octanol–water partition coefficient (Wildman–Crippen LogP) is 3.47.